The molecule has 0 N–H and O–H groups in total. The van der Waals surface area contributed by atoms with Crippen molar-refractivity contribution < 1.29 is 13.2 Å². The van der Waals surface area contributed by atoms with E-state index < -0.39 is 11.7 Å². The standard InChI is InChI=1S/C8H5Br2F3S/c1-14-7-5(9)2-4(3-6(7)10)8(11,12)13/h2-3H,1H3. The summed E-state index contributed by atoms with van der Waals surface area (Å²) in [6, 6.07) is 2.16. The molecule has 0 saturated carbocycles. The first-order valence-corrected chi connectivity index (χ1v) is 6.27. The Kier molecular flexibility index (Phi) is 3.94. The maximum absolute atomic E-state index is 12.3. The van der Waals surface area contributed by atoms with Crippen LogP contribution in [0.5, 0.6) is 0 Å². The Bertz CT molecular complexity index is 326. The van der Waals surface area contributed by atoms with Crippen molar-refractivity contribution in [1.29, 1.82) is 0 Å². The van der Waals surface area contributed by atoms with Gasteiger partial charge in [0.1, 0.15) is 0 Å². The SMILES string of the molecule is CSc1c(Br)cc(C(F)(F)F)cc1Br. The minimum absolute atomic E-state index is 0.451. The fraction of sp³-hybridized carbons (Fsp3) is 0.250. The van der Waals surface area contributed by atoms with Crippen LogP contribution in [0.1, 0.15) is 5.56 Å². The van der Waals surface area contributed by atoms with Gasteiger partial charge < -0.3 is 0 Å². The molecule has 1 aromatic rings. The zero-order chi connectivity index (χ0) is 10.9. The van der Waals surface area contributed by atoms with Gasteiger partial charge in [0.2, 0.25) is 0 Å². The van der Waals surface area contributed by atoms with Crippen molar-refractivity contribution in [3.05, 3.63) is 26.6 Å². The number of alkyl halides is 3. The van der Waals surface area contributed by atoms with Gasteiger partial charge in [0, 0.05) is 13.8 Å². The average Bonchev–Trinajstić information content (AvgIpc) is 2.01. The van der Waals surface area contributed by atoms with Crippen molar-refractivity contribution in [2.24, 2.45) is 0 Å². The van der Waals surface area contributed by atoms with Gasteiger partial charge in [-0.25, -0.2) is 0 Å². The van der Waals surface area contributed by atoms with Crippen LogP contribution in [-0.4, -0.2) is 6.26 Å². The second-order valence-corrected chi connectivity index (χ2v) is 5.00. The summed E-state index contributed by atoms with van der Waals surface area (Å²) >= 11 is 7.58. The lowest BCUT2D eigenvalue weighted by Crippen LogP contribution is -2.05. The monoisotopic (exact) mass is 348 g/mol. The Balaban J connectivity index is 3.28. The van der Waals surface area contributed by atoms with Gasteiger partial charge in [-0.15, -0.1) is 11.8 Å². The maximum atomic E-state index is 12.3. The lowest BCUT2D eigenvalue weighted by Gasteiger charge is -2.10. The van der Waals surface area contributed by atoms with Gasteiger partial charge >= 0.3 is 6.18 Å². The van der Waals surface area contributed by atoms with Crippen LogP contribution < -0.4 is 0 Å². The number of benzene rings is 1. The molecule has 0 aromatic heterocycles. The summed E-state index contributed by atoms with van der Waals surface area (Å²) in [6.07, 6.45) is -2.50. The van der Waals surface area contributed by atoms with E-state index in [1.807, 2.05) is 0 Å². The number of hydrogen-bond donors (Lipinski definition) is 0. The molecular weight excluding hydrogens is 345 g/mol. The van der Waals surface area contributed by atoms with E-state index in [2.05, 4.69) is 31.9 Å². The number of thioether (sulfide) groups is 1. The molecule has 0 aliphatic heterocycles. The van der Waals surface area contributed by atoms with Crippen molar-refractivity contribution in [1.82, 2.24) is 0 Å². The van der Waals surface area contributed by atoms with Crippen LogP contribution in [0.4, 0.5) is 13.2 Å². The van der Waals surface area contributed by atoms with Crippen LogP contribution in [0.25, 0.3) is 0 Å². The third-order valence-electron chi connectivity index (χ3n) is 1.53. The Morgan fingerprint density at radius 1 is 1.14 bits per heavy atom. The lowest BCUT2D eigenvalue weighted by molar-refractivity contribution is -0.137. The molecule has 6 heteroatoms. The summed E-state index contributed by atoms with van der Waals surface area (Å²) in [6.45, 7) is 0. The Morgan fingerprint density at radius 3 is 1.86 bits per heavy atom. The van der Waals surface area contributed by atoms with E-state index in [9.17, 15) is 13.2 Å². The quantitative estimate of drug-likeness (QED) is 0.646. The zero-order valence-corrected chi connectivity index (χ0v) is 10.9. The number of hydrogen-bond acceptors (Lipinski definition) is 1. The Morgan fingerprint density at radius 2 is 1.57 bits per heavy atom. The normalized spacial score (nSPS) is 11.9. The molecule has 0 aliphatic carbocycles. The van der Waals surface area contributed by atoms with Crippen molar-refractivity contribution in [2.45, 2.75) is 11.1 Å². The minimum Gasteiger partial charge on any atom is -0.166 e. The predicted molar refractivity (Wildman–Crippen MR) is 58.6 cm³/mol. The summed E-state index contributed by atoms with van der Waals surface area (Å²) < 4.78 is 37.9. The molecule has 0 spiro atoms. The van der Waals surface area contributed by atoms with E-state index in [1.54, 1.807) is 6.26 Å². The molecule has 0 nitrogen and oxygen atoms in total. The smallest absolute Gasteiger partial charge is 0.166 e. The van der Waals surface area contributed by atoms with E-state index in [0.29, 0.717) is 8.95 Å². The molecule has 0 fully saturated rings. The topological polar surface area (TPSA) is 0 Å². The van der Waals surface area contributed by atoms with Gasteiger partial charge in [-0.1, -0.05) is 0 Å². The van der Waals surface area contributed by atoms with Crippen molar-refractivity contribution in [3.63, 3.8) is 0 Å². The van der Waals surface area contributed by atoms with E-state index in [4.69, 9.17) is 0 Å². The van der Waals surface area contributed by atoms with Crippen LogP contribution in [0.2, 0.25) is 0 Å². The highest BCUT2D eigenvalue weighted by Gasteiger charge is 2.31. The number of rotatable bonds is 1. The van der Waals surface area contributed by atoms with Crippen LogP contribution in [0.15, 0.2) is 26.0 Å². The first kappa shape index (κ1) is 12.4. The molecule has 0 amide bonds. The molecular formula is C8H5Br2F3S. The van der Waals surface area contributed by atoms with Gasteiger partial charge in [0.05, 0.1) is 5.56 Å². The molecule has 0 aliphatic rings. The van der Waals surface area contributed by atoms with Crippen molar-refractivity contribution in [3.8, 4) is 0 Å². The Hall–Kier alpha value is 0.320. The third-order valence-corrected chi connectivity index (χ3v) is 4.15. The lowest BCUT2D eigenvalue weighted by atomic mass is 10.2. The molecule has 78 valence electrons. The van der Waals surface area contributed by atoms with Gasteiger partial charge in [0.25, 0.3) is 0 Å². The third kappa shape index (κ3) is 2.67. The van der Waals surface area contributed by atoms with Crippen LogP contribution in [-0.2, 0) is 6.18 Å². The molecule has 14 heavy (non-hydrogen) atoms. The number of halogens is 5. The van der Waals surface area contributed by atoms with Crippen LogP contribution in [0, 0.1) is 0 Å². The van der Waals surface area contributed by atoms with Crippen molar-refractivity contribution in [2.75, 3.05) is 6.26 Å². The zero-order valence-electron chi connectivity index (χ0n) is 6.95. The first-order chi connectivity index (χ1) is 6.36. The summed E-state index contributed by atoms with van der Waals surface area (Å²) in [4.78, 5) is 0.762. The van der Waals surface area contributed by atoms with Gasteiger partial charge in [-0.3, -0.25) is 0 Å². The molecule has 1 rings (SSSR count). The molecule has 1 aromatic carbocycles. The summed E-state index contributed by atoms with van der Waals surface area (Å²) in [5.74, 6) is 0. The average molecular weight is 350 g/mol. The molecule has 0 saturated heterocycles. The molecule has 0 bridgehead atoms. The molecule has 0 unspecified atom stereocenters. The fourth-order valence-electron chi connectivity index (χ4n) is 0.919. The predicted octanol–water partition coefficient (Wildman–Crippen LogP) is 4.95. The highest BCUT2D eigenvalue weighted by molar-refractivity contribution is 9.11. The second kappa shape index (κ2) is 4.45. The van der Waals surface area contributed by atoms with E-state index in [0.717, 1.165) is 17.0 Å². The van der Waals surface area contributed by atoms with Gasteiger partial charge in [-0.05, 0) is 50.2 Å². The van der Waals surface area contributed by atoms with Crippen molar-refractivity contribution >= 4 is 43.6 Å². The molecule has 0 radical (unpaired) electrons. The summed E-state index contributed by atoms with van der Waals surface area (Å²) in [5.41, 5.74) is -0.658. The highest BCUT2D eigenvalue weighted by Crippen LogP contribution is 2.39. The van der Waals surface area contributed by atoms with Gasteiger partial charge in [0.15, 0.2) is 0 Å². The first-order valence-electron chi connectivity index (χ1n) is 3.46. The van der Waals surface area contributed by atoms with E-state index in [1.165, 1.54) is 11.8 Å². The van der Waals surface area contributed by atoms with E-state index in [-0.39, 0.29) is 0 Å². The van der Waals surface area contributed by atoms with E-state index >= 15 is 0 Å². The van der Waals surface area contributed by atoms with Crippen LogP contribution in [0.3, 0.4) is 0 Å². The van der Waals surface area contributed by atoms with Gasteiger partial charge in [-0.2, -0.15) is 13.2 Å². The molecule has 0 heterocycles. The van der Waals surface area contributed by atoms with Crippen LogP contribution >= 0.6 is 43.6 Å². The summed E-state index contributed by atoms with van der Waals surface area (Å²) in [5, 5.41) is 0. The minimum atomic E-state index is -4.30. The second-order valence-electron chi connectivity index (χ2n) is 2.47. The summed E-state index contributed by atoms with van der Waals surface area (Å²) in [7, 11) is 0. The molecule has 0 atom stereocenters. The maximum Gasteiger partial charge on any atom is 0.416 e. The Labute approximate surface area is 101 Å². The largest absolute Gasteiger partial charge is 0.416 e. The fourth-order valence-corrected chi connectivity index (χ4v) is 3.58. The highest BCUT2D eigenvalue weighted by atomic mass is 79.9.